The van der Waals surface area contributed by atoms with Crippen molar-refractivity contribution in [1.29, 1.82) is 0 Å². The number of carboxylic acid groups (broad SMARTS) is 1. The highest BCUT2D eigenvalue weighted by molar-refractivity contribution is 9.10. The van der Waals surface area contributed by atoms with Gasteiger partial charge in [-0.1, -0.05) is 41.9 Å². The van der Waals surface area contributed by atoms with Crippen molar-refractivity contribution in [2.45, 2.75) is 13.2 Å². The van der Waals surface area contributed by atoms with Crippen LogP contribution in [0.3, 0.4) is 0 Å². The van der Waals surface area contributed by atoms with Crippen LogP contribution < -0.4 is 9.47 Å². The number of aliphatic imine (C=N–C) groups is 1. The van der Waals surface area contributed by atoms with Crippen LogP contribution >= 0.6 is 39.3 Å². The normalized spacial score (nSPS) is 14.9. The van der Waals surface area contributed by atoms with Gasteiger partial charge in [0.1, 0.15) is 18.2 Å². The van der Waals surface area contributed by atoms with Crippen LogP contribution in [0.4, 0.5) is 10.1 Å². The number of hydrogen-bond acceptors (Lipinski definition) is 6. The number of benzene rings is 4. The fourth-order valence-electron chi connectivity index (χ4n) is 4.15. The number of methoxy groups -OCH3 is 1. The first-order valence-corrected chi connectivity index (χ1v) is 14.8. The van der Waals surface area contributed by atoms with Gasteiger partial charge in [0, 0.05) is 5.56 Å². The molecule has 1 N–H and O–H groups in total. The Bertz CT molecular complexity index is 1720. The van der Waals surface area contributed by atoms with Gasteiger partial charge < -0.3 is 14.6 Å². The van der Waals surface area contributed by atoms with Crippen LogP contribution in [-0.4, -0.2) is 34.2 Å². The molecule has 0 bridgehead atoms. The number of halogens is 3. The van der Waals surface area contributed by atoms with Gasteiger partial charge in [-0.05, 0) is 99.5 Å². The Morgan fingerprint density at radius 3 is 2.47 bits per heavy atom. The van der Waals surface area contributed by atoms with E-state index in [1.165, 1.54) is 30.0 Å². The molecule has 0 atom stereocenters. The molecule has 0 saturated carbocycles. The third-order valence-corrected chi connectivity index (χ3v) is 8.25. The van der Waals surface area contributed by atoms with E-state index in [2.05, 4.69) is 15.9 Å². The van der Waals surface area contributed by atoms with Gasteiger partial charge >= 0.3 is 5.97 Å². The minimum Gasteiger partial charge on any atom is -0.497 e. The fourth-order valence-corrected chi connectivity index (χ4v) is 6.14. The molecule has 1 fully saturated rings. The van der Waals surface area contributed by atoms with Crippen molar-refractivity contribution >= 4 is 68.1 Å². The molecule has 0 spiro atoms. The quantitative estimate of drug-likeness (QED) is 0.179. The molecule has 0 unspecified atom stereocenters. The van der Waals surface area contributed by atoms with Gasteiger partial charge in [-0.15, -0.1) is 0 Å². The van der Waals surface area contributed by atoms with Gasteiger partial charge in [0.05, 0.1) is 39.3 Å². The number of amides is 1. The van der Waals surface area contributed by atoms with E-state index in [0.29, 0.717) is 42.9 Å². The van der Waals surface area contributed by atoms with Crippen LogP contribution in [0.15, 0.2) is 99.3 Å². The molecule has 1 aliphatic rings. The number of ether oxygens (including phenoxy) is 2. The number of carbonyl (C=O) groups excluding carboxylic acids is 1. The molecule has 5 rings (SSSR count). The SMILES string of the molecule is COc1ccc(N=C2S/C(=C\c3cc(Cl)c(OCc4ccccc4F)c(Br)c3)C(=O)N2Cc2ccc(C(=O)O)cc2)cc1. The van der Waals surface area contributed by atoms with Crippen molar-refractivity contribution in [2.24, 2.45) is 4.99 Å². The second-order valence-electron chi connectivity index (χ2n) is 9.29. The first-order chi connectivity index (χ1) is 20.7. The second-order valence-corrected chi connectivity index (χ2v) is 11.6. The predicted molar refractivity (Wildman–Crippen MR) is 169 cm³/mol. The third-order valence-electron chi connectivity index (χ3n) is 6.38. The highest BCUT2D eigenvalue weighted by Crippen LogP contribution is 2.39. The Morgan fingerprint density at radius 2 is 1.81 bits per heavy atom. The van der Waals surface area contributed by atoms with E-state index in [-0.39, 0.29) is 35.5 Å². The molecular weight excluding hydrogens is 659 g/mol. The third kappa shape index (κ3) is 7.27. The van der Waals surface area contributed by atoms with Gasteiger partial charge in [-0.25, -0.2) is 14.2 Å². The van der Waals surface area contributed by atoms with Gasteiger partial charge in [-0.3, -0.25) is 9.69 Å². The maximum absolute atomic E-state index is 14.0. The number of carboxylic acids is 1. The van der Waals surface area contributed by atoms with Crippen LogP contribution in [0.2, 0.25) is 5.02 Å². The summed E-state index contributed by atoms with van der Waals surface area (Å²) in [5, 5.41) is 9.98. The lowest BCUT2D eigenvalue weighted by molar-refractivity contribution is -0.122. The van der Waals surface area contributed by atoms with E-state index in [1.54, 1.807) is 84.8 Å². The topological polar surface area (TPSA) is 88.4 Å². The Morgan fingerprint density at radius 1 is 1.09 bits per heavy atom. The number of carbonyl (C=O) groups is 2. The molecule has 1 amide bonds. The Balaban J connectivity index is 1.43. The molecule has 218 valence electrons. The number of hydrogen-bond donors (Lipinski definition) is 1. The van der Waals surface area contributed by atoms with Crippen LogP contribution in [-0.2, 0) is 17.9 Å². The van der Waals surface area contributed by atoms with Crippen LogP contribution in [0, 0.1) is 5.82 Å². The molecule has 1 saturated heterocycles. The Kier molecular flexibility index (Phi) is 9.49. The molecular formula is C32H23BrClFN2O5S. The van der Waals surface area contributed by atoms with E-state index in [4.69, 9.17) is 26.1 Å². The number of thioether (sulfide) groups is 1. The number of amidine groups is 1. The largest absolute Gasteiger partial charge is 0.497 e. The molecule has 4 aromatic carbocycles. The number of rotatable bonds is 9. The van der Waals surface area contributed by atoms with Gasteiger partial charge in [0.2, 0.25) is 0 Å². The smallest absolute Gasteiger partial charge is 0.335 e. The summed E-state index contributed by atoms with van der Waals surface area (Å²) in [5.74, 6) is -0.640. The average Bonchev–Trinajstić information content (AvgIpc) is 3.27. The molecule has 43 heavy (non-hydrogen) atoms. The van der Waals surface area contributed by atoms with Crippen LogP contribution in [0.1, 0.15) is 27.0 Å². The summed E-state index contributed by atoms with van der Waals surface area (Å²) in [6, 6.07) is 23.2. The second kappa shape index (κ2) is 13.5. The minimum absolute atomic E-state index is 0.00659. The van der Waals surface area contributed by atoms with E-state index in [0.717, 1.165) is 5.56 Å². The summed E-state index contributed by atoms with van der Waals surface area (Å²) in [4.78, 5) is 31.6. The number of aromatic carboxylic acids is 1. The molecule has 11 heteroatoms. The van der Waals surface area contributed by atoms with Crippen molar-refractivity contribution in [3.8, 4) is 11.5 Å². The zero-order chi connectivity index (χ0) is 30.5. The number of nitrogens with zero attached hydrogens (tertiary/aromatic N) is 2. The highest BCUT2D eigenvalue weighted by Gasteiger charge is 2.33. The summed E-state index contributed by atoms with van der Waals surface area (Å²) in [7, 11) is 1.58. The van der Waals surface area contributed by atoms with Crippen molar-refractivity contribution in [1.82, 2.24) is 4.90 Å². The van der Waals surface area contributed by atoms with Crippen LogP contribution in [0.5, 0.6) is 11.5 Å². The van der Waals surface area contributed by atoms with Gasteiger partial charge in [0.15, 0.2) is 10.9 Å². The Labute approximate surface area is 264 Å². The molecule has 1 heterocycles. The maximum atomic E-state index is 14.0. The van der Waals surface area contributed by atoms with E-state index in [1.807, 2.05) is 0 Å². The van der Waals surface area contributed by atoms with Crippen LogP contribution in [0.25, 0.3) is 6.08 Å². The highest BCUT2D eigenvalue weighted by atomic mass is 79.9. The van der Waals surface area contributed by atoms with Gasteiger partial charge in [0.25, 0.3) is 5.91 Å². The van der Waals surface area contributed by atoms with Gasteiger partial charge in [-0.2, -0.15) is 0 Å². The standard InChI is InChI=1S/C32H23BrClFN2O5S/c1-41-24-12-10-23(11-13-24)36-32-37(17-19-6-8-21(9-7-19)31(39)40)30(38)28(43-32)16-20-14-25(33)29(26(34)15-20)42-18-22-4-2-3-5-27(22)35/h2-16H,17-18H2,1H3,(H,39,40)/b28-16-,36-32?. The van der Waals surface area contributed by atoms with Crippen molar-refractivity contribution < 1.29 is 28.6 Å². The molecule has 4 aromatic rings. The Hall–Kier alpha value is -4.12. The van der Waals surface area contributed by atoms with E-state index in [9.17, 15) is 19.1 Å². The summed E-state index contributed by atoms with van der Waals surface area (Å²) in [6.45, 7) is 0.179. The summed E-state index contributed by atoms with van der Waals surface area (Å²) < 4.78 is 25.6. The molecule has 0 aromatic heterocycles. The summed E-state index contributed by atoms with van der Waals surface area (Å²) >= 11 is 11.2. The van der Waals surface area contributed by atoms with E-state index < -0.39 is 5.97 Å². The summed E-state index contributed by atoms with van der Waals surface area (Å²) in [6.07, 6.45) is 1.71. The lowest BCUT2D eigenvalue weighted by atomic mass is 10.1. The first kappa shape index (κ1) is 30.3. The average molecular weight is 682 g/mol. The fraction of sp³-hybridized carbons (Fsp3) is 0.0938. The maximum Gasteiger partial charge on any atom is 0.335 e. The van der Waals surface area contributed by atoms with E-state index >= 15 is 0 Å². The molecule has 1 aliphatic heterocycles. The molecule has 7 nitrogen and oxygen atoms in total. The predicted octanol–water partition coefficient (Wildman–Crippen LogP) is 8.33. The lowest BCUT2D eigenvalue weighted by Gasteiger charge is -2.16. The van der Waals surface area contributed by atoms with Crippen molar-refractivity contribution in [3.63, 3.8) is 0 Å². The zero-order valence-electron chi connectivity index (χ0n) is 22.6. The summed E-state index contributed by atoms with van der Waals surface area (Å²) in [5.41, 5.74) is 2.56. The minimum atomic E-state index is -1.03. The lowest BCUT2D eigenvalue weighted by Crippen LogP contribution is -2.28. The zero-order valence-corrected chi connectivity index (χ0v) is 25.7. The molecule has 0 radical (unpaired) electrons. The monoisotopic (exact) mass is 680 g/mol. The molecule has 0 aliphatic carbocycles. The van der Waals surface area contributed by atoms with Crippen molar-refractivity contribution in [3.05, 3.63) is 127 Å². The van der Waals surface area contributed by atoms with Crippen molar-refractivity contribution in [2.75, 3.05) is 7.11 Å². The first-order valence-electron chi connectivity index (χ1n) is 12.8.